The van der Waals surface area contributed by atoms with E-state index in [1.54, 1.807) is 14.2 Å². The van der Waals surface area contributed by atoms with Crippen molar-refractivity contribution in [2.45, 2.75) is 39.4 Å². The van der Waals surface area contributed by atoms with E-state index in [0.29, 0.717) is 6.54 Å². The molecule has 0 saturated carbocycles. The molecule has 0 bridgehead atoms. The summed E-state index contributed by atoms with van der Waals surface area (Å²) in [5.74, 6) is 0. The average molecular weight is 407 g/mol. The number of hydrogen-bond acceptors (Lipinski definition) is 5. The summed E-state index contributed by atoms with van der Waals surface area (Å²) in [4.78, 5) is 17.2. The van der Waals surface area contributed by atoms with Crippen molar-refractivity contribution in [2.75, 3.05) is 64.2 Å². The fourth-order valence-electron chi connectivity index (χ4n) is 3.56. The molecule has 0 aromatic heterocycles. The number of hydrogen-bond donors (Lipinski definition) is 2. The third-order valence-corrected chi connectivity index (χ3v) is 5.54. The molecule has 29 heavy (non-hydrogen) atoms. The third kappa shape index (κ3) is 7.84. The first-order valence-corrected chi connectivity index (χ1v) is 10.5. The normalized spacial score (nSPS) is 15.6. The van der Waals surface area contributed by atoms with E-state index in [0.717, 1.165) is 56.8 Å². The minimum atomic E-state index is -0.161. The number of nitrogens with one attached hydrogen (secondary N) is 2. The van der Waals surface area contributed by atoms with Gasteiger partial charge in [0.2, 0.25) is 0 Å². The Morgan fingerprint density at radius 3 is 2.45 bits per heavy atom. The molecule has 2 amide bonds. The van der Waals surface area contributed by atoms with Gasteiger partial charge < -0.3 is 29.9 Å². The van der Waals surface area contributed by atoms with Crippen LogP contribution < -0.4 is 15.5 Å². The topological polar surface area (TPSA) is 66.1 Å². The van der Waals surface area contributed by atoms with Crippen LogP contribution in [0.3, 0.4) is 0 Å². The van der Waals surface area contributed by atoms with Crippen molar-refractivity contribution in [3.8, 4) is 0 Å². The van der Waals surface area contributed by atoms with Crippen molar-refractivity contribution in [2.24, 2.45) is 5.41 Å². The van der Waals surface area contributed by atoms with Crippen molar-refractivity contribution >= 4 is 17.4 Å². The number of ether oxygens (including phenoxy) is 2. The number of urea groups is 1. The Labute approximate surface area is 175 Å². The van der Waals surface area contributed by atoms with Crippen LogP contribution in [0.4, 0.5) is 16.2 Å². The highest BCUT2D eigenvalue weighted by molar-refractivity contribution is 5.93. The van der Waals surface area contributed by atoms with Crippen LogP contribution in [-0.4, -0.2) is 71.2 Å². The summed E-state index contributed by atoms with van der Waals surface area (Å²) in [6.07, 6.45) is 2.65. The molecule has 164 valence electrons. The van der Waals surface area contributed by atoms with Gasteiger partial charge in [0.25, 0.3) is 0 Å². The molecule has 7 nitrogen and oxygen atoms in total. The van der Waals surface area contributed by atoms with E-state index < -0.39 is 0 Å². The summed E-state index contributed by atoms with van der Waals surface area (Å²) in [5.41, 5.74) is 1.94. The molecule has 2 N–H and O–H groups in total. The highest BCUT2D eigenvalue weighted by Gasteiger charge is 2.21. The second-order valence-electron chi connectivity index (χ2n) is 8.57. The van der Waals surface area contributed by atoms with Gasteiger partial charge in [-0.05, 0) is 43.9 Å². The van der Waals surface area contributed by atoms with Crippen LogP contribution in [0.2, 0.25) is 0 Å². The minimum Gasteiger partial charge on any atom is -0.367 e. The average Bonchev–Trinajstić information content (AvgIpc) is 2.71. The maximum Gasteiger partial charge on any atom is 0.319 e. The SMILES string of the molecule is COC(CCCC(C)(C)CNC(=O)Nc1ccccc1N1CCN(C)CC1)OC. The number of amides is 2. The Bertz CT molecular complexity index is 626. The summed E-state index contributed by atoms with van der Waals surface area (Å²) in [5, 5.41) is 6.07. The highest BCUT2D eigenvalue weighted by atomic mass is 16.7. The molecule has 1 aromatic rings. The van der Waals surface area contributed by atoms with E-state index in [1.165, 1.54) is 0 Å². The molecule has 0 atom stereocenters. The minimum absolute atomic E-state index is 0.000342. The summed E-state index contributed by atoms with van der Waals surface area (Å²) < 4.78 is 10.5. The fourth-order valence-corrected chi connectivity index (χ4v) is 3.56. The maximum atomic E-state index is 12.5. The number of carbonyl (C=O) groups excluding carboxylic acids is 1. The second-order valence-corrected chi connectivity index (χ2v) is 8.57. The predicted molar refractivity (Wildman–Crippen MR) is 119 cm³/mol. The number of benzene rings is 1. The zero-order chi connectivity index (χ0) is 21.3. The molecule has 0 radical (unpaired) electrons. The summed E-state index contributed by atoms with van der Waals surface area (Å²) in [7, 11) is 5.46. The quantitative estimate of drug-likeness (QED) is 0.583. The smallest absolute Gasteiger partial charge is 0.319 e. The lowest BCUT2D eigenvalue weighted by Gasteiger charge is -2.35. The van der Waals surface area contributed by atoms with Crippen molar-refractivity contribution in [1.82, 2.24) is 10.2 Å². The lowest BCUT2D eigenvalue weighted by Crippen LogP contribution is -2.45. The van der Waals surface area contributed by atoms with Gasteiger partial charge >= 0.3 is 6.03 Å². The molecular formula is C22H38N4O3. The summed E-state index contributed by atoms with van der Waals surface area (Å²) in [6, 6.07) is 7.86. The molecule has 0 unspecified atom stereocenters. The first kappa shape index (κ1) is 23.4. The predicted octanol–water partition coefficient (Wildman–Crippen LogP) is 3.38. The van der Waals surface area contributed by atoms with Gasteiger partial charge in [-0.3, -0.25) is 0 Å². The fraction of sp³-hybridized carbons (Fsp3) is 0.682. The van der Waals surface area contributed by atoms with E-state index in [-0.39, 0.29) is 17.7 Å². The molecule has 1 fully saturated rings. The van der Waals surface area contributed by atoms with Gasteiger partial charge in [0.05, 0.1) is 11.4 Å². The molecule has 1 aromatic carbocycles. The summed E-state index contributed by atoms with van der Waals surface area (Å²) in [6.45, 7) is 8.94. The molecule has 1 heterocycles. The van der Waals surface area contributed by atoms with Gasteiger partial charge in [0.1, 0.15) is 0 Å². The van der Waals surface area contributed by atoms with Crippen LogP contribution in [0, 0.1) is 5.41 Å². The van der Waals surface area contributed by atoms with Crippen LogP contribution in [0.5, 0.6) is 0 Å². The highest BCUT2D eigenvalue weighted by Crippen LogP contribution is 2.27. The van der Waals surface area contributed by atoms with Crippen molar-refractivity contribution in [1.29, 1.82) is 0 Å². The number of nitrogens with zero attached hydrogens (tertiary/aromatic N) is 2. The lowest BCUT2D eigenvalue weighted by atomic mass is 9.87. The van der Waals surface area contributed by atoms with Crippen LogP contribution in [-0.2, 0) is 9.47 Å². The Kier molecular flexibility index (Phi) is 9.20. The number of anilines is 2. The first-order chi connectivity index (χ1) is 13.8. The molecule has 0 spiro atoms. The zero-order valence-electron chi connectivity index (χ0n) is 18.7. The van der Waals surface area contributed by atoms with Gasteiger partial charge in [0.15, 0.2) is 6.29 Å². The van der Waals surface area contributed by atoms with Crippen LogP contribution >= 0.6 is 0 Å². The van der Waals surface area contributed by atoms with E-state index in [4.69, 9.17) is 9.47 Å². The lowest BCUT2D eigenvalue weighted by molar-refractivity contribution is -0.107. The van der Waals surface area contributed by atoms with Gasteiger partial charge in [-0.2, -0.15) is 0 Å². The third-order valence-electron chi connectivity index (χ3n) is 5.54. The molecule has 7 heteroatoms. The Morgan fingerprint density at radius 2 is 1.79 bits per heavy atom. The van der Waals surface area contributed by atoms with Crippen molar-refractivity contribution in [3.63, 3.8) is 0 Å². The number of para-hydroxylation sites is 2. The van der Waals surface area contributed by atoms with E-state index in [2.05, 4.69) is 47.4 Å². The van der Waals surface area contributed by atoms with Gasteiger partial charge in [-0.15, -0.1) is 0 Å². The number of rotatable bonds is 10. The molecule has 1 aliphatic heterocycles. The number of piperazine rings is 1. The first-order valence-electron chi connectivity index (χ1n) is 10.5. The standard InChI is InChI=1S/C22H38N4O3/c1-22(2,12-8-11-20(28-4)29-5)17-23-21(27)24-18-9-6-7-10-19(18)26-15-13-25(3)14-16-26/h6-7,9-10,20H,8,11-17H2,1-5H3,(H2,23,24,27). The van der Waals surface area contributed by atoms with E-state index in [9.17, 15) is 4.79 Å². The van der Waals surface area contributed by atoms with Crippen LogP contribution in [0.15, 0.2) is 24.3 Å². The van der Waals surface area contributed by atoms with E-state index >= 15 is 0 Å². The van der Waals surface area contributed by atoms with Gasteiger partial charge in [-0.1, -0.05) is 26.0 Å². The number of carbonyl (C=O) groups is 1. The van der Waals surface area contributed by atoms with Crippen LogP contribution in [0.25, 0.3) is 0 Å². The van der Waals surface area contributed by atoms with Gasteiger partial charge in [0, 0.05) is 46.9 Å². The number of methoxy groups -OCH3 is 2. The Morgan fingerprint density at radius 1 is 1.14 bits per heavy atom. The van der Waals surface area contributed by atoms with Crippen molar-refractivity contribution in [3.05, 3.63) is 24.3 Å². The summed E-state index contributed by atoms with van der Waals surface area (Å²) >= 11 is 0. The number of likely N-dealkylation sites (N-methyl/N-ethyl adjacent to an activating group) is 1. The molecule has 1 saturated heterocycles. The molecular weight excluding hydrogens is 368 g/mol. The van der Waals surface area contributed by atoms with Gasteiger partial charge in [-0.25, -0.2) is 4.79 Å². The largest absolute Gasteiger partial charge is 0.367 e. The maximum absolute atomic E-state index is 12.5. The van der Waals surface area contributed by atoms with Crippen molar-refractivity contribution < 1.29 is 14.3 Å². The Hall–Kier alpha value is -1.83. The molecule has 0 aliphatic carbocycles. The zero-order valence-corrected chi connectivity index (χ0v) is 18.7. The molecule has 1 aliphatic rings. The van der Waals surface area contributed by atoms with E-state index in [1.807, 2.05) is 18.2 Å². The monoisotopic (exact) mass is 406 g/mol. The molecule has 2 rings (SSSR count). The Balaban J connectivity index is 1.83. The van der Waals surface area contributed by atoms with Crippen LogP contribution in [0.1, 0.15) is 33.1 Å². The second kappa shape index (κ2) is 11.4.